The number of primary amides is 1. The molecule has 0 aromatic heterocycles. The van der Waals surface area contributed by atoms with Gasteiger partial charge in [0.25, 0.3) is 5.91 Å². The van der Waals surface area contributed by atoms with Crippen LogP contribution >= 0.6 is 0 Å². The van der Waals surface area contributed by atoms with E-state index in [-0.39, 0.29) is 5.69 Å². The molecule has 10 heteroatoms. The summed E-state index contributed by atoms with van der Waals surface area (Å²) in [7, 11) is 0. The molecular formula is C20H14F3N4O3. The number of hydrogen-bond acceptors (Lipinski definition) is 4. The van der Waals surface area contributed by atoms with Crippen molar-refractivity contribution in [1.29, 1.82) is 5.26 Å². The number of nitriles is 1. The van der Waals surface area contributed by atoms with E-state index in [9.17, 15) is 27.6 Å². The number of nitrogens with zero attached hydrogens (tertiary/aromatic N) is 3. The van der Waals surface area contributed by atoms with Gasteiger partial charge in [-0.2, -0.15) is 18.4 Å². The smallest absolute Gasteiger partial charge is 0.368 e. The van der Waals surface area contributed by atoms with Crippen molar-refractivity contribution in [2.24, 2.45) is 5.73 Å². The molecule has 2 aromatic rings. The number of benzene rings is 2. The molecule has 1 fully saturated rings. The standard InChI is InChI=1S/C20H14F3N4O3/c1-19(13-5-3-2-4-6-13)17(29)27(18(30)26(19)11-16(25)28)14-8-7-12(10-24)15(9-14)20(21,22)23/h3-9H,11H2,1H3,(H2,25,28). The molecule has 1 radical (unpaired) electrons. The van der Waals surface area contributed by atoms with E-state index in [4.69, 9.17) is 11.0 Å². The Morgan fingerprint density at radius 1 is 1.23 bits per heavy atom. The molecule has 1 saturated heterocycles. The molecule has 30 heavy (non-hydrogen) atoms. The van der Waals surface area contributed by atoms with Crippen molar-refractivity contribution in [3.8, 4) is 6.07 Å². The molecule has 1 atom stereocenters. The van der Waals surface area contributed by atoms with Gasteiger partial charge in [-0.3, -0.25) is 14.5 Å². The number of carbonyl (C=O) groups excluding carboxylic acids is 3. The number of urea groups is 1. The summed E-state index contributed by atoms with van der Waals surface area (Å²) in [5.74, 6) is -1.76. The Morgan fingerprint density at radius 2 is 1.87 bits per heavy atom. The summed E-state index contributed by atoms with van der Waals surface area (Å²) in [6.45, 7) is 0.748. The average Bonchev–Trinajstić information content (AvgIpc) is 2.88. The van der Waals surface area contributed by atoms with E-state index in [1.54, 1.807) is 0 Å². The summed E-state index contributed by atoms with van der Waals surface area (Å²) >= 11 is 0. The Labute approximate surface area is 169 Å². The summed E-state index contributed by atoms with van der Waals surface area (Å²) in [6, 6.07) is 11.7. The fourth-order valence-corrected chi connectivity index (χ4v) is 3.34. The number of alkyl halides is 3. The van der Waals surface area contributed by atoms with Gasteiger partial charge in [0.15, 0.2) is 0 Å². The van der Waals surface area contributed by atoms with Crippen LogP contribution in [0.3, 0.4) is 0 Å². The zero-order valence-corrected chi connectivity index (χ0v) is 15.5. The Kier molecular flexibility index (Phi) is 4.99. The average molecular weight is 415 g/mol. The lowest BCUT2D eigenvalue weighted by Crippen LogP contribution is -2.47. The maximum absolute atomic E-state index is 13.3. The Hall–Kier alpha value is -3.87. The van der Waals surface area contributed by atoms with Crippen LogP contribution in [0, 0.1) is 17.4 Å². The van der Waals surface area contributed by atoms with Crippen LogP contribution in [-0.2, 0) is 21.3 Å². The number of hydrogen-bond donors (Lipinski definition) is 1. The molecule has 0 aliphatic carbocycles. The van der Waals surface area contributed by atoms with E-state index in [1.165, 1.54) is 37.3 Å². The van der Waals surface area contributed by atoms with Crippen molar-refractivity contribution >= 4 is 23.5 Å². The SMILES string of the molecule is CC1(c2cc[c]cc2)C(=O)N(c2ccc(C#N)c(C(F)(F)F)c2)C(=O)N1CC(N)=O. The molecule has 2 aromatic carbocycles. The van der Waals surface area contributed by atoms with Crippen LogP contribution in [0.25, 0.3) is 0 Å². The topological polar surface area (TPSA) is 108 Å². The summed E-state index contributed by atoms with van der Waals surface area (Å²) in [5.41, 5.74) is 1.55. The largest absolute Gasteiger partial charge is 0.417 e. The molecule has 0 bridgehead atoms. The van der Waals surface area contributed by atoms with Crippen molar-refractivity contribution in [1.82, 2.24) is 4.90 Å². The minimum absolute atomic E-state index is 0.327. The number of nitrogens with two attached hydrogens (primary N) is 1. The minimum Gasteiger partial charge on any atom is -0.368 e. The van der Waals surface area contributed by atoms with Gasteiger partial charge in [-0.25, -0.2) is 9.69 Å². The lowest BCUT2D eigenvalue weighted by molar-refractivity contribution is -0.137. The first-order chi connectivity index (χ1) is 14.0. The predicted octanol–water partition coefficient (Wildman–Crippen LogP) is 2.55. The second kappa shape index (κ2) is 7.18. The van der Waals surface area contributed by atoms with Gasteiger partial charge in [-0.15, -0.1) is 0 Å². The summed E-state index contributed by atoms with van der Waals surface area (Å²) in [4.78, 5) is 39.3. The van der Waals surface area contributed by atoms with Crippen LogP contribution in [0.2, 0.25) is 0 Å². The van der Waals surface area contributed by atoms with Crippen LogP contribution in [0.5, 0.6) is 0 Å². The molecular weight excluding hydrogens is 401 g/mol. The van der Waals surface area contributed by atoms with Gasteiger partial charge in [-0.05, 0) is 36.8 Å². The molecule has 1 unspecified atom stereocenters. The van der Waals surface area contributed by atoms with Gasteiger partial charge >= 0.3 is 12.2 Å². The first-order valence-electron chi connectivity index (χ1n) is 8.54. The first-order valence-corrected chi connectivity index (χ1v) is 8.54. The summed E-state index contributed by atoms with van der Waals surface area (Å²) in [6.07, 6.45) is -4.88. The highest BCUT2D eigenvalue weighted by atomic mass is 19.4. The van der Waals surface area contributed by atoms with Crippen molar-refractivity contribution in [3.05, 3.63) is 65.2 Å². The maximum atomic E-state index is 13.3. The molecule has 1 heterocycles. The van der Waals surface area contributed by atoms with Crippen LogP contribution < -0.4 is 10.6 Å². The number of rotatable bonds is 4. The fourth-order valence-electron chi connectivity index (χ4n) is 3.34. The number of anilines is 1. The van der Waals surface area contributed by atoms with Crippen molar-refractivity contribution in [2.45, 2.75) is 18.6 Å². The van der Waals surface area contributed by atoms with E-state index >= 15 is 0 Å². The van der Waals surface area contributed by atoms with E-state index in [0.717, 1.165) is 17.0 Å². The molecule has 1 aliphatic rings. The highest BCUT2D eigenvalue weighted by Crippen LogP contribution is 2.41. The van der Waals surface area contributed by atoms with Crippen LogP contribution in [0.4, 0.5) is 23.7 Å². The van der Waals surface area contributed by atoms with Gasteiger partial charge in [0.1, 0.15) is 12.1 Å². The van der Waals surface area contributed by atoms with E-state index in [1.807, 2.05) is 0 Å². The Morgan fingerprint density at radius 3 is 2.40 bits per heavy atom. The molecule has 1 aliphatic heterocycles. The summed E-state index contributed by atoms with van der Waals surface area (Å²) < 4.78 is 40.0. The second-order valence-electron chi connectivity index (χ2n) is 6.68. The van der Waals surface area contributed by atoms with Gasteiger partial charge in [0, 0.05) is 0 Å². The van der Waals surface area contributed by atoms with E-state index < -0.39 is 47.2 Å². The van der Waals surface area contributed by atoms with Crippen molar-refractivity contribution in [3.63, 3.8) is 0 Å². The summed E-state index contributed by atoms with van der Waals surface area (Å²) in [5, 5.41) is 8.95. The lowest BCUT2D eigenvalue weighted by Gasteiger charge is -2.31. The first kappa shape index (κ1) is 20.9. The maximum Gasteiger partial charge on any atom is 0.417 e. The molecule has 0 spiro atoms. The lowest BCUT2D eigenvalue weighted by atomic mass is 9.90. The van der Waals surface area contributed by atoms with E-state index in [2.05, 4.69) is 6.07 Å². The third-order valence-electron chi connectivity index (χ3n) is 4.86. The zero-order chi connectivity index (χ0) is 22.3. The highest BCUT2D eigenvalue weighted by molar-refractivity contribution is 6.23. The molecule has 153 valence electrons. The molecule has 4 amide bonds. The Bertz CT molecular complexity index is 1080. The monoisotopic (exact) mass is 415 g/mol. The number of imide groups is 1. The number of carbonyl (C=O) groups is 3. The fraction of sp³-hybridized carbons (Fsp3) is 0.200. The van der Waals surface area contributed by atoms with Gasteiger partial charge in [-0.1, -0.05) is 24.3 Å². The normalized spacial score (nSPS) is 19.2. The third-order valence-corrected chi connectivity index (χ3v) is 4.86. The van der Waals surface area contributed by atoms with Crippen LogP contribution in [-0.4, -0.2) is 29.3 Å². The molecule has 0 saturated carbocycles. The van der Waals surface area contributed by atoms with Crippen LogP contribution in [0.1, 0.15) is 23.6 Å². The van der Waals surface area contributed by atoms with Gasteiger partial charge in [0.2, 0.25) is 5.91 Å². The predicted molar refractivity (Wildman–Crippen MR) is 97.6 cm³/mol. The minimum atomic E-state index is -4.88. The van der Waals surface area contributed by atoms with Gasteiger partial charge in [0.05, 0.1) is 22.9 Å². The quantitative estimate of drug-likeness (QED) is 0.775. The highest BCUT2D eigenvalue weighted by Gasteiger charge is 2.56. The number of amides is 4. The van der Waals surface area contributed by atoms with Gasteiger partial charge < -0.3 is 5.73 Å². The van der Waals surface area contributed by atoms with Crippen molar-refractivity contribution < 1.29 is 27.6 Å². The molecule has 3 rings (SSSR count). The molecule has 7 nitrogen and oxygen atoms in total. The second-order valence-corrected chi connectivity index (χ2v) is 6.68. The van der Waals surface area contributed by atoms with Crippen LogP contribution in [0.15, 0.2) is 42.5 Å². The van der Waals surface area contributed by atoms with E-state index in [0.29, 0.717) is 16.5 Å². The molecule has 2 N–H and O–H groups in total. The Balaban J connectivity index is 2.18. The van der Waals surface area contributed by atoms with Crippen molar-refractivity contribution in [2.75, 3.05) is 11.4 Å². The zero-order valence-electron chi connectivity index (χ0n) is 15.5. The third kappa shape index (κ3) is 3.24. The number of halogens is 3.